The summed E-state index contributed by atoms with van der Waals surface area (Å²) in [5, 5.41) is 0. The van der Waals surface area contributed by atoms with Crippen LogP contribution in [0, 0.1) is 11.6 Å². The van der Waals surface area contributed by atoms with E-state index in [1.165, 1.54) is 0 Å². The molecule has 15 heavy (non-hydrogen) atoms. The van der Waals surface area contributed by atoms with Crippen molar-refractivity contribution in [2.75, 3.05) is 36.9 Å². The van der Waals surface area contributed by atoms with Crippen LogP contribution in [0.5, 0.6) is 0 Å². The molecule has 1 aromatic heterocycles. The maximum atomic E-state index is 13.4. The molecule has 0 radical (unpaired) electrons. The van der Waals surface area contributed by atoms with Gasteiger partial charge in [-0.15, -0.1) is 0 Å². The van der Waals surface area contributed by atoms with Crippen LogP contribution in [0.3, 0.4) is 0 Å². The Morgan fingerprint density at radius 1 is 1.27 bits per heavy atom. The van der Waals surface area contributed by atoms with Gasteiger partial charge in [-0.05, 0) is 0 Å². The third-order valence-corrected chi connectivity index (χ3v) is 2.25. The lowest BCUT2D eigenvalue weighted by atomic mass is 10.3. The number of anilines is 2. The van der Waals surface area contributed by atoms with Gasteiger partial charge >= 0.3 is 0 Å². The quantitative estimate of drug-likeness (QED) is 0.752. The first-order chi connectivity index (χ1) is 7.18. The molecule has 2 N–H and O–H groups in total. The summed E-state index contributed by atoms with van der Waals surface area (Å²) in [6.07, 6.45) is 0. The molecule has 0 bridgehead atoms. The van der Waals surface area contributed by atoms with E-state index in [-0.39, 0.29) is 11.6 Å². The topological polar surface area (TPSA) is 51.4 Å². The minimum Gasteiger partial charge on any atom is -0.381 e. The average Bonchev–Trinajstić information content (AvgIpc) is 2.25. The number of nitrogens with two attached hydrogens (primary N) is 1. The predicted molar refractivity (Wildman–Crippen MR) is 51.6 cm³/mol. The summed E-state index contributed by atoms with van der Waals surface area (Å²) < 4.78 is 31.3. The van der Waals surface area contributed by atoms with Crippen molar-refractivity contribution >= 4 is 11.6 Å². The van der Waals surface area contributed by atoms with Crippen molar-refractivity contribution in [1.29, 1.82) is 0 Å². The van der Waals surface area contributed by atoms with Gasteiger partial charge in [-0.25, -0.2) is 13.8 Å². The molecule has 1 fully saturated rings. The third-order valence-electron chi connectivity index (χ3n) is 2.25. The number of aromatic nitrogens is 1. The van der Waals surface area contributed by atoms with Gasteiger partial charge in [0.05, 0.1) is 13.2 Å². The van der Waals surface area contributed by atoms with E-state index in [0.717, 1.165) is 6.07 Å². The molecule has 0 aromatic carbocycles. The lowest BCUT2D eigenvalue weighted by molar-refractivity contribution is 0.122. The number of rotatable bonds is 1. The molecular formula is C9H11F2N3O. The molecule has 0 spiro atoms. The summed E-state index contributed by atoms with van der Waals surface area (Å²) in [5.41, 5.74) is 5.29. The van der Waals surface area contributed by atoms with Crippen molar-refractivity contribution in [3.05, 3.63) is 17.7 Å². The Bertz CT molecular complexity index is 367. The summed E-state index contributed by atoms with van der Waals surface area (Å²) in [6, 6.07) is 0.757. The molecule has 0 aliphatic carbocycles. The highest BCUT2D eigenvalue weighted by Crippen LogP contribution is 2.21. The van der Waals surface area contributed by atoms with Crippen LogP contribution < -0.4 is 10.6 Å². The Morgan fingerprint density at radius 3 is 2.60 bits per heavy atom. The molecule has 1 aliphatic rings. The first-order valence-electron chi connectivity index (χ1n) is 4.62. The molecule has 82 valence electrons. The second kappa shape index (κ2) is 3.98. The van der Waals surface area contributed by atoms with Gasteiger partial charge in [0.1, 0.15) is 0 Å². The van der Waals surface area contributed by atoms with Gasteiger partial charge in [0.25, 0.3) is 0 Å². The van der Waals surface area contributed by atoms with E-state index in [4.69, 9.17) is 10.5 Å². The molecule has 6 heteroatoms. The van der Waals surface area contributed by atoms with Crippen LogP contribution >= 0.6 is 0 Å². The number of halogens is 2. The number of nitrogen functional groups attached to an aromatic ring is 1. The summed E-state index contributed by atoms with van der Waals surface area (Å²) >= 11 is 0. The molecule has 0 atom stereocenters. The van der Waals surface area contributed by atoms with Gasteiger partial charge in [-0.1, -0.05) is 0 Å². The lowest BCUT2D eigenvalue weighted by Gasteiger charge is -2.28. The van der Waals surface area contributed by atoms with Gasteiger partial charge in [-0.2, -0.15) is 0 Å². The maximum Gasteiger partial charge on any atom is 0.168 e. The first-order valence-corrected chi connectivity index (χ1v) is 4.62. The van der Waals surface area contributed by atoms with E-state index >= 15 is 0 Å². The number of hydrogen-bond acceptors (Lipinski definition) is 4. The van der Waals surface area contributed by atoms with Gasteiger partial charge in [0.2, 0.25) is 0 Å². The summed E-state index contributed by atoms with van der Waals surface area (Å²) in [6.45, 7) is 2.10. The van der Waals surface area contributed by atoms with Gasteiger partial charge in [0, 0.05) is 19.2 Å². The standard InChI is InChI=1S/C9H11F2N3O/c10-6-5-7(11)9(13-8(6)12)14-1-3-15-4-2-14/h5H,1-4H2,(H2,12,13). The number of pyridine rings is 1. The minimum absolute atomic E-state index is 0.0946. The van der Waals surface area contributed by atoms with Crippen LogP contribution in [-0.4, -0.2) is 31.3 Å². The van der Waals surface area contributed by atoms with Crippen LogP contribution in [0.4, 0.5) is 20.4 Å². The van der Waals surface area contributed by atoms with E-state index in [1.807, 2.05) is 0 Å². The van der Waals surface area contributed by atoms with E-state index in [9.17, 15) is 8.78 Å². The number of nitrogens with zero attached hydrogens (tertiary/aromatic N) is 2. The molecule has 0 amide bonds. The van der Waals surface area contributed by atoms with E-state index < -0.39 is 11.6 Å². The number of morpholine rings is 1. The van der Waals surface area contributed by atoms with Crippen molar-refractivity contribution in [3.63, 3.8) is 0 Å². The Balaban J connectivity index is 2.30. The average molecular weight is 215 g/mol. The predicted octanol–water partition coefficient (Wildman–Crippen LogP) is 0.779. The lowest BCUT2D eigenvalue weighted by Crippen LogP contribution is -2.37. The molecule has 1 aliphatic heterocycles. The number of hydrogen-bond donors (Lipinski definition) is 1. The molecule has 0 saturated carbocycles. The summed E-state index contributed by atoms with van der Waals surface area (Å²) in [7, 11) is 0. The monoisotopic (exact) mass is 215 g/mol. The molecule has 2 rings (SSSR count). The fraction of sp³-hybridized carbons (Fsp3) is 0.444. The molecule has 1 aromatic rings. The summed E-state index contributed by atoms with van der Waals surface area (Å²) in [4.78, 5) is 5.38. The third kappa shape index (κ3) is 1.99. The molecule has 2 heterocycles. The van der Waals surface area contributed by atoms with Crippen LogP contribution in [-0.2, 0) is 4.74 Å². The zero-order chi connectivity index (χ0) is 10.8. The fourth-order valence-electron chi connectivity index (χ4n) is 1.47. The first kappa shape index (κ1) is 10.1. The normalized spacial score (nSPS) is 16.8. The molecule has 0 unspecified atom stereocenters. The largest absolute Gasteiger partial charge is 0.381 e. The summed E-state index contributed by atoms with van der Waals surface area (Å²) in [5.74, 6) is -1.71. The zero-order valence-electron chi connectivity index (χ0n) is 8.04. The Hall–Kier alpha value is -1.43. The Morgan fingerprint density at radius 2 is 1.93 bits per heavy atom. The van der Waals surface area contributed by atoms with Crippen LogP contribution in [0.2, 0.25) is 0 Å². The second-order valence-corrected chi connectivity index (χ2v) is 3.26. The highest BCUT2D eigenvalue weighted by atomic mass is 19.1. The van der Waals surface area contributed by atoms with Crippen LogP contribution in [0.25, 0.3) is 0 Å². The Labute approximate surface area is 85.6 Å². The van der Waals surface area contributed by atoms with Crippen molar-refractivity contribution in [2.24, 2.45) is 0 Å². The van der Waals surface area contributed by atoms with Crippen molar-refractivity contribution in [1.82, 2.24) is 4.98 Å². The highest BCUT2D eigenvalue weighted by molar-refractivity contribution is 5.47. The molecule has 1 saturated heterocycles. The maximum absolute atomic E-state index is 13.4. The van der Waals surface area contributed by atoms with Gasteiger partial charge in [-0.3, -0.25) is 0 Å². The van der Waals surface area contributed by atoms with Crippen LogP contribution in [0.1, 0.15) is 0 Å². The van der Waals surface area contributed by atoms with E-state index in [0.29, 0.717) is 26.3 Å². The smallest absolute Gasteiger partial charge is 0.168 e. The van der Waals surface area contributed by atoms with Crippen molar-refractivity contribution < 1.29 is 13.5 Å². The van der Waals surface area contributed by atoms with E-state index in [1.54, 1.807) is 4.90 Å². The van der Waals surface area contributed by atoms with Crippen molar-refractivity contribution in [3.8, 4) is 0 Å². The van der Waals surface area contributed by atoms with E-state index in [2.05, 4.69) is 4.98 Å². The second-order valence-electron chi connectivity index (χ2n) is 3.26. The van der Waals surface area contributed by atoms with Crippen molar-refractivity contribution in [2.45, 2.75) is 0 Å². The molecule has 4 nitrogen and oxygen atoms in total. The highest BCUT2D eigenvalue weighted by Gasteiger charge is 2.18. The fourth-order valence-corrected chi connectivity index (χ4v) is 1.47. The SMILES string of the molecule is Nc1nc(N2CCOCC2)c(F)cc1F. The Kier molecular flexibility index (Phi) is 2.68. The molecular weight excluding hydrogens is 204 g/mol. The number of ether oxygens (including phenoxy) is 1. The minimum atomic E-state index is -0.829. The van der Waals surface area contributed by atoms with Gasteiger partial charge < -0.3 is 15.4 Å². The van der Waals surface area contributed by atoms with Crippen LogP contribution in [0.15, 0.2) is 6.07 Å². The van der Waals surface area contributed by atoms with Gasteiger partial charge in [0.15, 0.2) is 23.3 Å². The zero-order valence-corrected chi connectivity index (χ0v) is 8.04.